The van der Waals surface area contributed by atoms with E-state index in [1.54, 1.807) is 18.4 Å². The molecule has 17 heavy (non-hydrogen) atoms. The zero-order valence-electron chi connectivity index (χ0n) is 9.66. The summed E-state index contributed by atoms with van der Waals surface area (Å²) in [6, 6.07) is 5.55. The van der Waals surface area contributed by atoms with Crippen molar-refractivity contribution in [3.63, 3.8) is 0 Å². The molecule has 0 aliphatic rings. The molecular weight excluding hydrogens is 256 g/mol. The number of thiazole rings is 1. The van der Waals surface area contributed by atoms with Gasteiger partial charge in [-0.1, -0.05) is 11.6 Å². The van der Waals surface area contributed by atoms with Gasteiger partial charge in [0.1, 0.15) is 5.75 Å². The molecule has 1 aromatic heterocycles. The van der Waals surface area contributed by atoms with Crippen LogP contribution in [0.25, 0.3) is 0 Å². The summed E-state index contributed by atoms with van der Waals surface area (Å²) in [4.78, 5) is 5.42. The van der Waals surface area contributed by atoms with Crippen molar-refractivity contribution in [2.75, 3.05) is 12.4 Å². The molecule has 2 aromatic rings. The zero-order chi connectivity index (χ0) is 12.3. The van der Waals surface area contributed by atoms with Crippen LogP contribution in [0.1, 0.15) is 10.6 Å². The lowest BCUT2D eigenvalue weighted by molar-refractivity contribution is 0.415. The Hall–Kier alpha value is -1.26. The Kier molecular flexibility index (Phi) is 3.86. The van der Waals surface area contributed by atoms with Gasteiger partial charge in [0, 0.05) is 10.9 Å². The summed E-state index contributed by atoms with van der Waals surface area (Å²) in [7, 11) is 1.64. The Morgan fingerprint density at radius 2 is 2.29 bits per heavy atom. The molecule has 0 amide bonds. The van der Waals surface area contributed by atoms with E-state index in [1.165, 1.54) is 4.88 Å². The Labute approximate surface area is 109 Å². The van der Waals surface area contributed by atoms with Crippen molar-refractivity contribution in [3.05, 3.63) is 39.3 Å². The van der Waals surface area contributed by atoms with Crippen molar-refractivity contribution < 1.29 is 4.74 Å². The van der Waals surface area contributed by atoms with Gasteiger partial charge in [0.05, 0.1) is 35.6 Å². The van der Waals surface area contributed by atoms with E-state index in [2.05, 4.69) is 10.3 Å². The molecule has 0 unspecified atom stereocenters. The van der Waals surface area contributed by atoms with E-state index in [9.17, 15) is 0 Å². The average Bonchev–Trinajstić information content (AvgIpc) is 2.74. The molecule has 90 valence electrons. The number of nitrogens with one attached hydrogen (secondary N) is 1. The second-order valence-electron chi connectivity index (χ2n) is 3.56. The molecule has 0 bridgehead atoms. The summed E-state index contributed by atoms with van der Waals surface area (Å²) in [5, 5.41) is 3.98. The first-order valence-corrected chi connectivity index (χ1v) is 6.43. The maximum atomic E-state index is 6.10. The lowest BCUT2D eigenvalue weighted by Crippen LogP contribution is -2.00. The summed E-state index contributed by atoms with van der Waals surface area (Å²) in [6.45, 7) is 2.73. The molecule has 0 atom stereocenters. The fourth-order valence-corrected chi connectivity index (χ4v) is 2.34. The fourth-order valence-electron chi connectivity index (χ4n) is 1.44. The monoisotopic (exact) mass is 268 g/mol. The van der Waals surface area contributed by atoms with E-state index < -0.39 is 0 Å². The fraction of sp³-hybridized carbons (Fsp3) is 0.250. The average molecular weight is 269 g/mol. The third-order valence-electron chi connectivity index (χ3n) is 2.46. The number of anilines is 1. The summed E-state index contributed by atoms with van der Waals surface area (Å²) in [5.41, 5.74) is 3.78. The van der Waals surface area contributed by atoms with Crippen LogP contribution in [0.3, 0.4) is 0 Å². The topological polar surface area (TPSA) is 34.1 Å². The summed E-state index contributed by atoms with van der Waals surface area (Å²) in [5.74, 6) is 0.790. The third kappa shape index (κ3) is 2.90. The third-order valence-corrected chi connectivity index (χ3v) is 3.72. The smallest absolute Gasteiger partial charge is 0.121 e. The molecule has 5 heteroatoms. The Morgan fingerprint density at radius 1 is 1.47 bits per heavy atom. The number of rotatable bonds is 4. The van der Waals surface area contributed by atoms with Gasteiger partial charge in [-0.15, -0.1) is 11.3 Å². The van der Waals surface area contributed by atoms with Crippen molar-refractivity contribution in [3.8, 4) is 5.75 Å². The maximum absolute atomic E-state index is 6.10. The molecule has 0 aliphatic heterocycles. The Balaban J connectivity index is 2.11. The highest BCUT2D eigenvalue weighted by Crippen LogP contribution is 2.27. The predicted octanol–water partition coefficient (Wildman–Crippen LogP) is 3.73. The number of halogens is 1. The van der Waals surface area contributed by atoms with E-state index in [-0.39, 0.29) is 0 Å². The lowest BCUT2D eigenvalue weighted by atomic mass is 10.3. The number of hydrogen-bond acceptors (Lipinski definition) is 4. The van der Waals surface area contributed by atoms with Crippen LogP contribution in [0.5, 0.6) is 5.75 Å². The Morgan fingerprint density at radius 3 is 2.94 bits per heavy atom. The number of aryl methyl sites for hydroxylation is 1. The molecule has 0 saturated heterocycles. The van der Waals surface area contributed by atoms with Gasteiger partial charge in [0.2, 0.25) is 0 Å². The summed E-state index contributed by atoms with van der Waals surface area (Å²) >= 11 is 7.74. The van der Waals surface area contributed by atoms with E-state index in [4.69, 9.17) is 16.3 Å². The van der Waals surface area contributed by atoms with Crippen molar-refractivity contribution in [2.45, 2.75) is 13.5 Å². The Bertz CT molecular complexity index is 513. The largest absolute Gasteiger partial charge is 0.497 e. The summed E-state index contributed by atoms with van der Waals surface area (Å²) in [6.07, 6.45) is 0. The molecule has 0 aliphatic carbocycles. The molecule has 0 fully saturated rings. The van der Waals surface area contributed by atoms with Crippen LogP contribution in [0.15, 0.2) is 23.7 Å². The van der Waals surface area contributed by atoms with E-state index in [1.807, 2.05) is 30.6 Å². The van der Waals surface area contributed by atoms with Crippen molar-refractivity contribution in [1.82, 2.24) is 4.98 Å². The van der Waals surface area contributed by atoms with Crippen LogP contribution in [0.4, 0.5) is 5.69 Å². The van der Waals surface area contributed by atoms with Crippen LogP contribution in [-0.2, 0) is 6.54 Å². The van der Waals surface area contributed by atoms with Gasteiger partial charge in [0.25, 0.3) is 0 Å². The predicted molar refractivity (Wildman–Crippen MR) is 72.2 cm³/mol. The zero-order valence-corrected chi connectivity index (χ0v) is 11.2. The second kappa shape index (κ2) is 5.38. The number of methoxy groups -OCH3 is 1. The summed E-state index contributed by atoms with van der Waals surface area (Å²) < 4.78 is 5.16. The molecule has 1 N–H and O–H groups in total. The first-order valence-electron chi connectivity index (χ1n) is 5.17. The number of ether oxygens (including phenoxy) is 1. The highest BCUT2D eigenvalue weighted by molar-refractivity contribution is 7.09. The van der Waals surface area contributed by atoms with Crippen LogP contribution < -0.4 is 10.1 Å². The molecule has 0 spiro atoms. The molecule has 0 saturated carbocycles. The van der Waals surface area contributed by atoms with Gasteiger partial charge in [-0.2, -0.15) is 0 Å². The van der Waals surface area contributed by atoms with E-state index >= 15 is 0 Å². The van der Waals surface area contributed by atoms with Gasteiger partial charge < -0.3 is 10.1 Å². The van der Waals surface area contributed by atoms with Crippen molar-refractivity contribution in [1.29, 1.82) is 0 Å². The van der Waals surface area contributed by atoms with Gasteiger partial charge in [-0.25, -0.2) is 4.98 Å². The molecule has 0 radical (unpaired) electrons. The first-order chi connectivity index (χ1) is 8.20. The standard InChI is InChI=1S/C12H13ClN2OS/c1-8-12(17-7-15-8)6-14-11-5-9(16-2)3-4-10(11)13/h3-5,7,14H,6H2,1-2H3. The highest BCUT2D eigenvalue weighted by atomic mass is 35.5. The van der Waals surface area contributed by atoms with Crippen LogP contribution in [0.2, 0.25) is 5.02 Å². The number of benzene rings is 1. The van der Waals surface area contributed by atoms with Crippen LogP contribution in [-0.4, -0.2) is 12.1 Å². The number of hydrogen-bond donors (Lipinski definition) is 1. The quantitative estimate of drug-likeness (QED) is 0.918. The van der Waals surface area contributed by atoms with Gasteiger partial charge in [-0.05, 0) is 19.1 Å². The minimum absolute atomic E-state index is 0.688. The van der Waals surface area contributed by atoms with E-state index in [0.29, 0.717) is 5.02 Å². The van der Waals surface area contributed by atoms with Gasteiger partial charge in [-0.3, -0.25) is 0 Å². The first kappa shape index (κ1) is 12.2. The van der Waals surface area contributed by atoms with Crippen LogP contribution in [0, 0.1) is 6.92 Å². The molecule has 1 aromatic carbocycles. The van der Waals surface area contributed by atoms with Crippen LogP contribution >= 0.6 is 22.9 Å². The van der Waals surface area contributed by atoms with Crippen molar-refractivity contribution >= 4 is 28.6 Å². The highest BCUT2D eigenvalue weighted by Gasteiger charge is 2.05. The molecular formula is C12H13ClN2OS. The minimum Gasteiger partial charge on any atom is -0.497 e. The lowest BCUT2D eigenvalue weighted by Gasteiger charge is -2.09. The maximum Gasteiger partial charge on any atom is 0.121 e. The van der Waals surface area contributed by atoms with Crippen molar-refractivity contribution in [2.24, 2.45) is 0 Å². The molecule has 3 nitrogen and oxygen atoms in total. The normalized spacial score (nSPS) is 10.3. The number of nitrogens with zero attached hydrogens (tertiary/aromatic N) is 1. The number of aromatic nitrogens is 1. The van der Waals surface area contributed by atoms with Gasteiger partial charge in [0.15, 0.2) is 0 Å². The molecule has 1 heterocycles. The second-order valence-corrected chi connectivity index (χ2v) is 4.91. The molecule has 2 rings (SSSR count). The van der Waals surface area contributed by atoms with E-state index in [0.717, 1.165) is 23.7 Å². The van der Waals surface area contributed by atoms with Gasteiger partial charge >= 0.3 is 0 Å². The minimum atomic E-state index is 0.688. The SMILES string of the molecule is COc1ccc(Cl)c(NCc2scnc2C)c1.